The lowest BCUT2D eigenvalue weighted by Gasteiger charge is -2.20. The molecule has 0 saturated carbocycles. The maximum absolute atomic E-state index is 6.11. The summed E-state index contributed by atoms with van der Waals surface area (Å²) in [6.45, 7) is 2.71. The maximum atomic E-state index is 6.11. The molecule has 3 rings (SSSR count). The summed E-state index contributed by atoms with van der Waals surface area (Å²) in [6, 6.07) is 2.05. The summed E-state index contributed by atoms with van der Waals surface area (Å²) in [5, 5.41) is 6.42. The highest BCUT2D eigenvalue weighted by atomic mass is 32.1. The molecule has 0 aromatic carbocycles. The van der Waals surface area contributed by atoms with Crippen molar-refractivity contribution in [2.24, 2.45) is 5.73 Å². The molecule has 3 aromatic heterocycles. The highest BCUT2D eigenvalue weighted by molar-refractivity contribution is 7.22. The quantitative estimate of drug-likeness (QED) is 0.711. The fourth-order valence-electron chi connectivity index (χ4n) is 2.48. The number of fused-ring (bicyclic) bond motifs is 1. The van der Waals surface area contributed by atoms with Crippen molar-refractivity contribution in [2.45, 2.75) is 25.9 Å². The van der Waals surface area contributed by atoms with E-state index < -0.39 is 0 Å². The van der Waals surface area contributed by atoms with Crippen LogP contribution in [0, 0.1) is 11.8 Å². The molecule has 0 amide bonds. The van der Waals surface area contributed by atoms with Crippen molar-refractivity contribution in [3.05, 3.63) is 32.6 Å². The van der Waals surface area contributed by atoms with Gasteiger partial charge in [-0.05, 0) is 40.8 Å². The Hall–Kier alpha value is -1.39. The van der Waals surface area contributed by atoms with Crippen LogP contribution in [0.1, 0.15) is 17.4 Å². The molecule has 0 aliphatic heterocycles. The van der Waals surface area contributed by atoms with Gasteiger partial charge < -0.3 is 10.6 Å². The molecular formula is C16H17N3S3. The van der Waals surface area contributed by atoms with Gasteiger partial charge in [0.15, 0.2) is 0 Å². The third-order valence-electron chi connectivity index (χ3n) is 3.38. The molecule has 1 atom stereocenters. The summed E-state index contributed by atoms with van der Waals surface area (Å²) < 4.78 is 5.82. The van der Waals surface area contributed by atoms with E-state index in [1.165, 1.54) is 32.4 Å². The molecule has 6 heteroatoms. The van der Waals surface area contributed by atoms with E-state index in [1.54, 1.807) is 22.7 Å². The van der Waals surface area contributed by atoms with Crippen LogP contribution in [0.25, 0.3) is 10.2 Å². The molecule has 0 aliphatic carbocycles. The predicted octanol–water partition coefficient (Wildman–Crippen LogP) is 3.95. The van der Waals surface area contributed by atoms with Gasteiger partial charge in [-0.15, -0.1) is 17.3 Å². The summed E-state index contributed by atoms with van der Waals surface area (Å²) in [7, 11) is 2.12. The monoisotopic (exact) mass is 347 g/mol. The summed E-state index contributed by atoms with van der Waals surface area (Å²) >= 11 is 5.03. The van der Waals surface area contributed by atoms with Gasteiger partial charge in [-0.25, -0.2) is 0 Å². The Bertz CT molecular complexity index is 805. The van der Waals surface area contributed by atoms with Gasteiger partial charge in [0.05, 0.1) is 16.4 Å². The van der Waals surface area contributed by atoms with Gasteiger partial charge in [-0.3, -0.25) is 0 Å². The summed E-state index contributed by atoms with van der Waals surface area (Å²) in [5.74, 6) is 5.95. The number of nitrogens with zero attached hydrogens (tertiary/aromatic N) is 2. The zero-order chi connectivity index (χ0) is 15.5. The standard InChI is InChI=1S/C16H17N3S3/c1-3-4-12(17)7-13-16(15-14(22-13)10-21-18-15)19(2)8-11-5-6-20-9-11/h5-6,9-10,12H,7-8,17H2,1-2H3/t12-/m0/s1. The largest absolute Gasteiger partial charge is 0.368 e. The van der Waals surface area contributed by atoms with Gasteiger partial charge in [0.2, 0.25) is 0 Å². The highest BCUT2D eigenvalue weighted by Crippen LogP contribution is 2.39. The first kappa shape index (κ1) is 15.5. The summed E-state index contributed by atoms with van der Waals surface area (Å²) in [6.07, 6.45) is 0.774. The van der Waals surface area contributed by atoms with E-state index in [1.807, 2.05) is 6.92 Å². The molecule has 2 N–H and O–H groups in total. The third-order valence-corrected chi connectivity index (χ3v) is 6.02. The van der Waals surface area contributed by atoms with Crippen LogP contribution < -0.4 is 10.6 Å². The average molecular weight is 348 g/mol. The van der Waals surface area contributed by atoms with Crippen LogP contribution in [0.4, 0.5) is 5.69 Å². The Morgan fingerprint density at radius 2 is 2.27 bits per heavy atom. The summed E-state index contributed by atoms with van der Waals surface area (Å²) in [5.41, 5.74) is 9.74. The number of hydrogen-bond donors (Lipinski definition) is 1. The van der Waals surface area contributed by atoms with Gasteiger partial charge in [0.1, 0.15) is 5.52 Å². The second-order valence-corrected chi connectivity index (χ2v) is 7.64. The van der Waals surface area contributed by atoms with Crippen LogP contribution >= 0.6 is 34.2 Å². The lowest BCUT2D eigenvalue weighted by molar-refractivity contribution is 0.836. The van der Waals surface area contributed by atoms with Gasteiger partial charge in [0.25, 0.3) is 0 Å². The van der Waals surface area contributed by atoms with Crippen LogP contribution in [0.3, 0.4) is 0 Å². The van der Waals surface area contributed by atoms with Gasteiger partial charge >= 0.3 is 0 Å². The zero-order valence-electron chi connectivity index (χ0n) is 12.5. The fourth-order valence-corrected chi connectivity index (χ4v) is 5.18. The number of nitrogens with two attached hydrogens (primary N) is 1. The lowest BCUT2D eigenvalue weighted by Crippen LogP contribution is -2.22. The smallest absolute Gasteiger partial charge is 0.118 e. The predicted molar refractivity (Wildman–Crippen MR) is 99.1 cm³/mol. The van der Waals surface area contributed by atoms with Crippen LogP contribution in [0.5, 0.6) is 0 Å². The van der Waals surface area contributed by atoms with Crippen molar-refractivity contribution in [3.8, 4) is 11.8 Å². The molecule has 3 aromatic rings. The Labute approximate surface area is 142 Å². The molecular weight excluding hydrogens is 330 g/mol. The highest BCUT2D eigenvalue weighted by Gasteiger charge is 2.19. The van der Waals surface area contributed by atoms with Crippen molar-refractivity contribution in [2.75, 3.05) is 11.9 Å². The van der Waals surface area contributed by atoms with Crippen LogP contribution in [-0.4, -0.2) is 17.5 Å². The Morgan fingerprint density at radius 3 is 3.00 bits per heavy atom. The number of rotatable bonds is 5. The van der Waals surface area contributed by atoms with Gasteiger partial charge in [-0.2, -0.15) is 15.7 Å². The molecule has 114 valence electrons. The fraction of sp³-hybridized carbons (Fsp3) is 0.312. The van der Waals surface area contributed by atoms with Crippen LogP contribution in [-0.2, 0) is 13.0 Å². The number of thiophene rings is 2. The van der Waals surface area contributed by atoms with Crippen molar-refractivity contribution in [3.63, 3.8) is 0 Å². The van der Waals surface area contributed by atoms with E-state index >= 15 is 0 Å². The molecule has 0 radical (unpaired) electrons. The normalized spacial score (nSPS) is 12.1. The Balaban J connectivity index is 1.94. The number of hydrogen-bond acceptors (Lipinski definition) is 6. The second-order valence-electron chi connectivity index (χ2n) is 5.09. The molecule has 3 nitrogen and oxygen atoms in total. The molecule has 0 fully saturated rings. The molecule has 0 aliphatic rings. The SMILES string of the molecule is CC#C[C@H](N)Cc1sc2csnc2c1N(C)Cc1ccsc1. The Morgan fingerprint density at radius 1 is 1.41 bits per heavy atom. The van der Waals surface area contributed by atoms with Crippen molar-refractivity contribution in [1.82, 2.24) is 4.37 Å². The van der Waals surface area contributed by atoms with Gasteiger partial charge in [-0.1, -0.05) is 5.92 Å². The molecule has 3 heterocycles. The van der Waals surface area contributed by atoms with E-state index in [2.05, 4.69) is 50.4 Å². The first-order valence-corrected chi connectivity index (χ1v) is 9.54. The molecule has 22 heavy (non-hydrogen) atoms. The van der Waals surface area contributed by atoms with Crippen LogP contribution in [0.15, 0.2) is 22.2 Å². The molecule has 0 saturated heterocycles. The minimum Gasteiger partial charge on any atom is -0.368 e. The molecule has 0 unspecified atom stereocenters. The van der Waals surface area contributed by atoms with Crippen molar-refractivity contribution >= 4 is 50.1 Å². The van der Waals surface area contributed by atoms with E-state index in [0.717, 1.165) is 18.5 Å². The maximum Gasteiger partial charge on any atom is 0.118 e. The van der Waals surface area contributed by atoms with E-state index in [-0.39, 0.29) is 6.04 Å². The van der Waals surface area contributed by atoms with E-state index in [0.29, 0.717) is 0 Å². The zero-order valence-corrected chi connectivity index (χ0v) is 14.9. The van der Waals surface area contributed by atoms with Crippen molar-refractivity contribution in [1.29, 1.82) is 0 Å². The number of anilines is 1. The van der Waals surface area contributed by atoms with Crippen molar-refractivity contribution < 1.29 is 0 Å². The summed E-state index contributed by atoms with van der Waals surface area (Å²) in [4.78, 5) is 3.56. The minimum absolute atomic E-state index is 0.121. The second kappa shape index (κ2) is 6.80. The van der Waals surface area contributed by atoms with E-state index in [4.69, 9.17) is 5.73 Å². The molecule has 0 bridgehead atoms. The average Bonchev–Trinajstić information content (AvgIpc) is 3.15. The van der Waals surface area contributed by atoms with Gasteiger partial charge in [0, 0.05) is 30.3 Å². The van der Waals surface area contributed by atoms with Crippen LogP contribution in [0.2, 0.25) is 0 Å². The number of aromatic nitrogens is 1. The van der Waals surface area contributed by atoms with E-state index in [9.17, 15) is 0 Å². The first-order valence-electron chi connectivity index (χ1n) is 6.95. The lowest BCUT2D eigenvalue weighted by atomic mass is 10.1. The minimum atomic E-state index is -0.121. The topological polar surface area (TPSA) is 42.1 Å². The Kier molecular flexibility index (Phi) is 4.79. The first-order chi connectivity index (χ1) is 10.7. The third kappa shape index (κ3) is 3.18. The molecule has 0 spiro atoms.